The van der Waals surface area contributed by atoms with Crippen LogP contribution in [0.15, 0.2) is 243 Å². The Hall–Kier alpha value is -8.86. The van der Waals surface area contributed by atoms with Crippen LogP contribution in [-0.2, 0) is 0 Å². The molecule has 2 heterocycles. The molecule has 0 saturated heterocycles. The maximum Gasteiger partial charge on any atom is 0.164 e. The van der Waals surface area contributed by atoms with Crippen LogP contribution in [0, 0.1) is 0 Å². The number of benzene rings is 10. The first-order valence-corrected chi connectivity index (χ1v) is 22.3. The van der Waals surface area contributed by atoms with Gasteiger partial charge in [-0.25, -0.2) is 19.9 Å². The second-order valence-corrected chi connectivity index (χ2v) is 16.6. The molecule has 0 unspecified atom stereocenters. The first kappa shape index (κ1) is 38.8. The van der Waals surface area contributed by atoms with Crippen LogP contribution < -0.4 is 0 Å². The summed E-state index contributed by atoms with van der Waals surface area (Å²) in [5.74, 6) is 1.88. The normalized spacial score (nSPS) is 11.3. The van der Waals surface area contributed by atoms with E-state index in [4.69, 9.17) is 19.9 Å². The largest absolute Gasteiger partial charge is 0.247 e. The highest BCUT2D eigenvalue weighted by Crippen LogP contribution is 2.35. The fourth-order valence-electron chi connectivity index (χ4n) is 9.01. The van der Waals surface area contributed by atoms with Crippen LogP contribution in [0.3, 0.4) is 0 Å². The van der Waals surface area contributed by atoms with Crippen molar-refractivity contribution in [3.63, 3.8) is 0 Å². The zero-order chi connectivity index (χ0) is 43.8. The molecule has 66 heavy (non-hydrogen) atoms. The fraction of sp³-hybridized carbons (Fsp3) is 0. The van der Waals surface area contributed by atoms with Crippen molar-refractivity contribution in [2.24, 2.45) is 0 Å². The average Bonchev–Trinajstić information content (AvgIpc) is 3.41. The van der Waals surface area contributed by atoms with Gasteiger partial charge in [0.05, 0.1) is 11.2 Å². The number of hydrogen-bond donors (Lipinski definition) is 0. The summed E-state index contributed by atoms with van der Waals surface area (Å²) in [6.07, 6.45) is 0. The van der Waals surface area contributed by atoms with Crippen LogP contribution in [0.2, 0.25) is 0 Å². The van der Waals surface area contributed by atoms with E-state index in [9.17, 15) is 0 Å². The summed E-state index contributed by atoms with van der Waals surface area (Å²) in [4.78, 5) is 20.4. The van der Waals surface area contributed by atoms with Gasteiger partial charge in [0.15, 0.2) is 17.5 Å². The van der Waals surface area contributed by atoms with Crippen LogP contribution in [0.1, 0.15) is 0 Å². The third kappa shape index (κ3) is 7.47. The lowest BCUT2D eigenvalue weighted by atomic mass is 9.97. The monoisotopic (exact) mass is 840 g/mol. The Morgan fingerprint density at radius 3 is 1.11 bits per heavy atom. The molecule has 308 valence electrons. The SMILES string of the molecule is c1ccc(-c2ccc(-c3nc(-c4ccc(-c5ccccc5)cc4)nc(-c4ccc(-c5ccc(-c6cccc(-c7ccc8ccc9c%10ccccc%10ccc9c8n7)c6)cc5)cc4)n3)cc2)cc1. The summed E-state index contributed by atoms with van der Waals surface area (Å²) >= 11 is 0. The highest BCUT2D eigenvalue weighted by Gasteiger charge is 2.15. The third-order valence-corrected chi connectivity index (χ3v) is 12.6. The van der Waals surface area contributed by atoms with Gasteiger partial charge in [0.25, 0.3) is 0 Å². The van der Waals surface area contributed by atoms with E-state index in [1.54, 1.807) is 0 Å². The molecule has 0 amide bonds. The minimum atomic E-state index is 0.624. The Kier molecular flexibility index (Phi) is 9.81. The van der Waals surface area contributed by atoms with E-state index < -0.39 is 0 Å². The van der Waals surface area contributed by atoms with Crippen LogP contribution in [0.25, 0.3) is 122 Å². The summed E-state index contributed by atoms with van der Waals surface area (Å²) in [6, 6.07) is 85.4. The van der Waals surface area contributed by atoms with Crippen LogP contribution >= 0.6 is 0 Å². The van der Waals surface area contributed by atoms with E-state index in [1.807, 2.05) is 12.1 Å². The molecule has 12 aromatic rings. The number of hydrogen-bond acceptors (Lipinski definition) is 4. The van der Waals surface area contributed by atoms with Gasteiger partial charge >= 0.3 is 0 Å². The van der Waals surface area contributed by atoms with Crippen LogP contribution in [0.5, 0.6) is 0 Å². The molecular weight excluding hydrogens is 801 g/mol. The molecule has 4 nitrogen and oxygen atoms in total. The zero-order valence-corrected chi connectivity index (χ0v) is 35.9. The van der Waals surface area contributed by atoms with E-state index in [2.05, 4.69) is 231 Å². The molecule has 0 fully saturated rings. The van der Waals surface area contributed by atoms with Gasteiger partial charge in [-0.1, -0.05) is 231 Å². The molecule has 0 aliphatic heterocycles. The summed E-state index contributed by atoms with van der Waals surface area (Å²) < 4.78 is 0. The van der Waals surface area contributed by atoms with Gasteiger partial charge in [-0.15, -0.1) is 0 Å². The van der Waals surface area contributed by atoms with Crippen molar-refractivity contribution < 1.29 is 0 Å². The van der Waals surface area contributed by atoms with Gasteiger partial charge in [0, 0.05) is 33.0 Å². The molecule has 2 aromatic heterocycles. The van der Waals surface area contributed by atoms with Gasteiger partial charge in [0.2, 0.25) is 0 Å². The summed E-state index contributed by atoms with van der Waals surface area (Å²) in [5, 5.41) is 6.02. The molecule has 12 rings (SSSR count). The highest BCUT2D eigenvalue weighted by molar-refractivity contribution is 6.16. The second-order valence-electron chi connectivity index (χ2n) is 16.6. The summed E-state index contributed by atoms with van der Waals surface area (Å²) in [6.45, 7) is 0. The van der Waals surface area contributed by atoms with Gasteiger partial charge in [-0.2, -0.15) is 0 Å². The lowest BCUT2D eigenvalue weighted by Gasteiger charge is -2.11. The Morgan fingerprint density at radius 2 is 0.576 bits per heavy atom. The van der Waals surface area contributed by atoms with Gasteiger partial charge in [-0.05, 0) is 72.8 Å². The van der Waals surface area contributed by atoms with E-state index in [0.29, 0.717) is 17.5 Å². The molecular formula is C62H40N4. The molecule has 0 spiro atoms. The highest BCUT2D eigenvalue weighted by atomic mass is 15.0. The summed E-state index contributed by atoms with van der Waals surface area (Å²) in [7, 11) is 0. The molecule has 0 aliphatic carbocycles. The molecule has 0 saturated carbocycles. The Bertz CT molecular complexity index is 3600. The molecule has 10 aromatic carbocycles. The minimum absolute atomic E-state index is 0.624. The van der Waals surface area contributed by atoms with Crippen molar-refractivity contribution >= 4 is 32.4 Å². The molecule has 0 radical (unpaired) electrons. The van der Waals surface area contributed by atoms with Gasteiger partial charge in [0.1, 0.15) is 0 Å². The van der Waals surface area contributed by atoms with E-state index in [-0.39, 0.29) is 0 Å². The zero-order valence-electron chi connectivity index (χ0n) is 35.9. The van der Waals surface area contributed by atoms with E-state index in [0.717, 1.165) is 72.2 Å². The maximum atomic E-state index is 5.25. The maximum absolute atomic E-state index is 5.25. The quantitative estimate of drug-likeness (QED) is 0.143. The predicted octanol–water partition coefficient (Wildman–Crippen LogP) is 16.1. The molecule has 0 bridgehead atoms. The first-order valence-electron chi connectivity index (χ1n) is 22.3. The predicted molar refractivity (Wildman–Crippen MR) is 274 cm³/mol. The van der Waals surface area contributed by atoms with E-state index >= 15 is 0 Å². The number of rotatable bonds is 8. The van der Waals surface area contributed by atoms with Crippen molar-refractivity contribution in [2.45, 2.75) is 0 Å². The second kappa shape index (κ2) is 16.7. The smallest absolute Gasteiger partial charge is 0.164 e. The Morgan fingerprint density at radius 1 is 0.197 bits per heavy atom. The molecule has 0 N–H and O–H groups in total. The average molecular weight is 841 g/mol. The van der Waals surface area contributed by atoms with Crippen molar-refractivity contribution in [3.05, 3.63) is 243 Å². The standard InChI is InChI=1S/C62H40N4/c1-3-10-41(11-4-1)43-22-28-50(29-23-43)60-64-61(51-30-24-44(25-31-51)42-12-5-2-6-13-42)66-62(65-60)52-32-26-46(27-33-52)45-18-20-47(21-19-45)53-15-9-16-54(40-53)58-39-36-49-35-37-56-55-17-8-7-14-48(55)34-38-57(56)59(49)63-58/h1-40H. The topological polar surface area (TPSA) is 51.6 Å². The van der Waals surface area contributed by atoms with Crippen molar-refractivity contribution in [1.29, 1.82) is 0 Å². The number of nitrogens with zero attached hydrogens (tertiary/aromatic N) is 4. The molecule has 0 atom stereocenters. The van der Waals surface area contributed by atoms with E-state index in [1.165, 1.54) is 32.7 Å². The minimum Gasteiger partial charge on any atom is -0.247 e. The van der Waals surface area contributed by atoms with Crippen molar-refractivity contribution in [2.75, 3.05) is 0 Å². The first-order chi connectivity index (χ1) is 32.7. The lowest BCUT2D eigenvalue weighted by molar-refractivity contribution is 1.07. The Balaban J connectivity index is 0.831. The third-order valence-electron chi connectivity index (χ3n) is 12.6. The number of aromatic nitrogens is 4. The van der Waals surface area contributed by atoms with Gasteiger partial charge < -0.3 is 0 Å². The van der Waals surface area contributed by atoms with Gasteiger partial charge in [-0.3, -0.25) is 0 Å². The Labute approximate surface area is 383 Å². The van der Waals surface area contributed by atoms with Crippen LogP contribution in [-0.4, -0.2) is 19.9 Å². The molecule has 0 aliphatic rings. The van der Waals surface area contributed by atoms with Crippen molar-refractivity contribution in [3.8, 4) is 89.9 Å². The van der Waals surface area contributed by atoms with Crippen LogP contribution in [0.4, 0.5) is 0 Å². The molecule has 4 heteroatoms. The lowest BCUT2D eigenvalue weighted by Crippen LogP contribution is -2.00. The van der Waals surface area contributed by atoms with Crippen molar-refractivity contribution in [1.82, 2.24) is 19.9 Å². The number of fused-ring (bicyclic) bond motifs is 5. The summed E-state index contributed by atoms with van der Waals surface area (Å²) in [5.41, 5.74) is 15.0. The fourth-order valence-corrected chi connectivity index (χ4v) is 9.01. The number of pyridine rings is 1.